The van der Waals surface area contributed by atoms with Gasteiger partial charge in [0.2, 0.25) is 0 Å². The largest absolute Gasteiger partial charge is 0.442 e. The number of nitrogens with two attached hydrogens (primary N) is 1. The highest BCUT2D eigenvalue weighted by Crippen LogP contribution is 2.39. The van der Waals surface area contributed by atoms with Crippen molar-refractivity contribution >= 4 is 17.9 Å². The zero-order valence-corrected chi connectivity index (χ0v) is 16.7. The molecule has 0 aliphatic heterocycles. The van der Waals surface area contributed by atoms with Gasteiger partial charge in [0.15, 0.2) is 6.61 Å². The molecule has 1 aliphatic carbocycles. The van der Waals surface area contributed by atoms with Gasteiger partial charge in [0.1, 0.15) is 10.9 Å². The van der Waals surface area contributed by atoms with Crippen molar-refractivity contribution in [1.82, 2.24) is 9.55 Å². The van der Waals surface area contributed by atoms with Crippen LogP contribution in [0, 0.1) is 19.8 Å². The molecule has 1 heterocycles. The lowest BCUT2D eigenvalue weighted by atomic mass is 10.1. The highest BCUT2D eigenvalue weighted by Gasteiger charge is 2.27. The van der Waals surface area contributed by atoms with Crippen molar-refractivity contribution in [2.24, 2.45) is 11.7 Å². The van der Waals surface area contributed by atoms with E-state index in [1.54, 1.807) is 11.8 Å². The maximum absolute atomic E-state index is 11.1. The lowest BCUT2D eigenvalue weighted by Gasteiger charge is -2.13. The van der Waals surface area contributed by atoms with Crippen LogP contribution in [0.5, 0.6) is 0 Å². The molecule has 1 aliphatic rings. The molecule has 0 spiro atoms. The second-order valence-electron chi connectivity index (χ2n) is 7.46. The predicted octanol–water partition coefficient (Wildman–Crippen LogP) is 4.78. The molecule has 6 heteroatoms. The van der Waals surface area contributed by atoms with Crippen molar-refractivity contribution in [2.75, 3.05) is 0 Å². The number of amides is 1. The van der Waals surface area contributed by atoms with Crippen molar-refractivity contribution < 1.29 is 9.53 Å². The van der Waals surface area contributed by atoms with Crippen molar-refractivity contribution in [3.63, 3.8) is 0 Å². The fourth-order valence-corrected chi connectivity index (χ4v) is 4.47. The molecule has 1 aromatic carbocycles. The Bertz CT molecular complexity index is 789. The van der Waals surface area contributed by atoms with Gasteiger partial charge in [0.05, 0.1) is 5.69 Å². The summed E-state index contributed by atoms with van der Waals surface area (Å²) in [6, 6.07) is 6.59. The van der Waals surface area contributed by atoms with E-state index in [-0.39, 0.29) is 12.5 Å². The number of imidazole rings is 1. The van der Waals surface area contributed by atoms with Gasteiger partial charge in [-0.1, -0.05) is 31.7 Å². The lowest BCUT2D eigenvalue weighted by molar-refractivity contribution is 0.145. The van der Waals surface area contributed by atoms with E-state index >= 15 is 0 Å². The van der Waals surface area contributed by atoms with Crippen LogP contribution in [-0.4, -0.2) is 15.6 Å². The molecular formula is C20H27N3O2S. The number of primary amides is 1. The minimum absolute atomic E-state index is 0.120. The van der Waals surface area contributed by atoms with E-state index in [1.165, 1.54) is 28.9 Å². The van der Waals surface area contributed by atoms with Crippen LogP contribution in [-0.2, 0) is 17.9 Å². The van der Waals surface area contributed by atoms with Gasteiger partial charge >= 0.3 is 6.09 Å². The molecule has 5 nitrogen and oxygen atoms in total. The Kier molecular flexibility index (Phi) is 5.61. The van der Waals surface area contributed by atoms with E-state index in [0.717, 1.165) is 23.1 Å². The predicted molar refractivity (Wildman–Crippen MR) is 103 cm³/mol. The monoisotopic (exact) mass is 373 g/mol. The quantitative estimate of drug-likeness (QED) is 0.758. The molecule has 0 bridgehead atoms. The van der Waals surface area contributed by atoms with Crippen molar-refractivity contribution in [3.05, 3.63) is 40.8 Å². The summed E-state index contributed by atoms with van der Waals surface area (Å²) in [5.41, 5.74) is 8.72. The van der Waals surface area contributed by atoms with Crippen LogP contribution < -0.4 is 5.73 Å². The molecule has 0 saturated heterocycles. The summed E-state index contributed by atoms with van der Waals surface area (Å²) >= 11 is 1.75. The highest BCUT2D eigenvalue weighted by molar-refractivity contribution is 7.99. The summed E-state index contributed by atoms with van der Waals surface area (Å²) in [7, 11) is 0. The summed E-state index contributed by atoms with van der Waals surface area (Å²) in [6.45, 7) is 9.57. The van der Waals surface area contributed by atoms with Gasteiger partial charge < -0.3 is 15.0 Å². The molecule has 140 valence electrons. The second-order valence-corrected chi connectivity index (χ2v) is 8.52. The molecule has 26 heavy (non-hydrogen) atoms. The Morgan fingerprint density at radius 3 is 2.50 bits per heavy atom. The van der Waals surface area contributed by atoms with Gasteiger partial charge in [0.25, 0.3) is 0 Å². The van der Waals surface area contributed by atoms with Crippen molar-refractivity contribution in [3.8, 4) is 0 Å². The first-order valence-corrected chi connectivity index (χ1v) is 9.92. The van der Waals surface area contributed by atoms with Gasteiger partial charge in [-0.25, -0.2) is 9.78 Å². The SMILES string of the molecule is Cc1cc(C)cc(Sc2c(C(C)C)nc(COC(N)=O)n2CC2CC2)c1. The normalized spacial score (nSPS) is 14.0. The number of benzene rings is 1. The van der Waals surface area contributed by atoms with E-state index < -0.39 is 6.09 Å². The van der Waals surface area contributed by atoms with Crippen LogP contribution >= 0.6 is 11.8 Å². The zero-order valence-electron chi connectivity index (χ0n) is 15.9. The number of hydrogen-bond donors (Lipinski definition) is 1. The third-order valence-electron chi connectivity index (χ3n) is 4.46. The number of nitrogens with zero attached hydrogens (tertiary/aromatic N) is 2. The Morgan fingerprint density at radius 1 is 1.31 bits per heavy atom. The molecule has 0 radical (unpaired) electrons. The Balaban J connectivity index is 2.00. The highest BCUT2D eigenvalue weighted by atomic mass is 32.2. The van der Waals surface area contributed by atoms with Crippen LogP contribution in [0.3, 0.4) is 0 Å². The van der Waals surface area contributed by atoms with Crippen LogP contribution in [0.1, 0.15) is 55.3 Å². The maximum atomic E-state index is 11.1. The Labute approximate surface area is 159 Å². The number of ether oxygens (including phenoxy) is 1. The van der Waals surface area contributed by atoms with E-state index in [0.29, 0.717) is 5.92 Å². The molecule has 3 rings (SSSR count). The van der Waals surface area contributed by atoms with Gasteiger partial charge in [-0.3, -0.25) is 0 Å². The van der Waals surface area contributed by atoms with E-state index in [1.807, 2.05) is 0 Å². The van der Waals surface area contributed by atoms with Gasteiger partial charge in [0, 0.05) is 11.4 Å². The van der Waals surface area contributed by atoms with Crippen molar-refractivity contribution in [2.45, 2.75) is 69.5 Å². The number of carbonyl (C=O) groups excluding carboxylic acids is 1. The molecule has 0 unspecified atom stereocenters. The van der Waals surface area contributed by atoms with Crippen LogP contribution in [0.15, 0.2) is 28.1 Å². The van der Waals surface area contributed by atoms with Crippen LogP contribution in [0.25, 0.3) is 0 Å². The standard InChI is InChI=1S/C20H27N3O2S/c1-12(2)18-19(26-16-8-13(3)7-14(4)9-16)23(10-15-5-6-15)17(22-18)11-25-20(21)24/h7-9,12,15H,5-6,10-11H2,1-4H3,(H2,21,24). The molecule has 2 N–H and O–H groups in total. The molecule has 2 aromatic rings. The topological polar surface area (TPSA) is 70.1 Å². The lowest BCUT2D eigenvalue weighted by Crippen LogP contribution is -2.15. The summed E-state index contributed by atoms with van der Waals surface area (Å²) in [6.07, 6.45) is 1.73. The average molecular weight is 374 g/mol. The van der Waals surface area contributed by atoms with Gasteiger partial charge in [-0.05, 0) is 61.8 Å². The summed E-state index contributed by atoms with van der Waals surface area (Å²) in [4.78, 5) is 17.1. The summed E-state index contributed by atoms with van der Waals surface area (Å²) in [5, 5.41) is 1.15. The first-order chi connectivity index (χ1) is 12.3. The first-order valence-electron chi connectivity index (χ1n) is 9.11. The number of hydrogen-bond acceptors (Lipinski definition) is 4. The first kappa shape index (κ1) is 18.8. The summed E-state index contributed by atoms with van der Waals surface area (Å²) in [5.74, 6) is 1.76. The molecule has 1 fully saturated rings. The maximum Gasteiger partial charge on any atom is 0.404 e. The van der Waals surface area contributed by atoms with Crippen LogP contribution in [0.2, 0.25) is 0 Å². The van der Waals surface area contributed by atoms with Gasteiger partial charge in [-0.2, -0.15) is 0 Å². The average Bonchev–Trinajstić information content (AvgIpc) is 3.28. The zero-order chi connectivity index (χ0) is 18.8. The third kappa shape index (κ3) is 4.61. The smallest absolute Gasteiger partial charge is 0.404 e. The number of aromatic nitrogens is 2. The Morgan fingerprint density at radius 2 is 1.96 bits per heavy atom. The number of aryl methyl sites for hydroxylation is 2. The molecule has 0 atom stereocenters. The fourth-order valence-electron chi connectivity index (χ4n) is 3.08. The van der Waals surface area contributed by atoms with Gasteiger partial charge in [-0.15, -0.1) is 0 Å². The minimum Gasteiger partial charge on any atom is -0.442 e. The number of rotatable bonds is 7. The molecule has 1 aromatic heterocycles. The molecule has 1 amide bonds. The fraction of sp³-hybridized carbons (Fsp3) is 0.500. The summed E-state index contributed by atoms with van der Waals surface area (Å²) < 4.78 is 7.29. The van der Waals surface area contributed by atoms with E-state index in [2.05, 4.69) is 50.5 Å². The van der Waals surface area contributed by atoms with E-state index in [4.69, 9.17) is 15.5 Å². The second kappa shape index (κ2) is 7.74. The third-order valence-corrected chi connectivity index (χ3v) is 5.56. The van der Waals surface area contributed by atoms with E-state index in [9.17, 15) is 4.79 Å². The van der Waals surface area contributed by atoms with Crippen LogP contribution in [0.4, 0.5) is 4.79 Å². The minimum atomic E-state index is -0.763. The molecule has 1 saturated carbocycles. The van der Waals surface area contributed by atoms with Crippen molar-refractivity contribution in [1.29, 1.82) is 0 Å². The molecular weight excluding hydrogens is 346 g/mol. The Hall–Kier alpha value is -1.95. The number of carbonyl (C=O) groups is 1.